The Bertz CT molecular complexity index is 643. The number of ketones is 1. The van der Waals surface area contributed by atoms with Gasteiger partial charge in [-0.2, -0.15) is 0 Å². The van der Waals surface area contributed by atoms with Crippen LogP contribution in [0.1, 0.15) is 29.6 Å². The van der Waals surface area contributed by atoms with E-state index in [2.05, 4.69) is 4.98 Å². The summed E-state index contributed by atoms with van der Waals surface area (Å²) in [6, 6.07) is 3.46. The summed E-state index contributed by atoms with van der Waals surface area (Å²) in [5.74, 6) is 0.00977. The second-order valence-electron chi connectivity index (χ2n) is 4.57. The van der Waals surface area contributed by atoms with Gasteiger partial charge in [-0.15, -0.1) is 0 Å². The highest BCUT2D eigenvalue weighted by Crippen LogP contribution is 2.24. The van der Waals surface area contributed by atoms with Crippen LogP contribution in [0.4, 0.5) is 0 Å². The molecule has 0 unspecified atom stereocenters. The molecule has 1 aliphatic carbocycles. The maximum absolute atomic E-state index is 12.0. The molecule has 0 aliphatic heterocycles. The molecule has 0 fully saturated rings. The van der Waals surface area contributed by atoms with Crippen LogP contribution < -0.4 is 0 Å². The molecule has 4 nitrogen and oxygen atoms in total. The van der Waals surface area contributed by atoms with Crippen LogP contribution in [0.25, 0.3) is 0 Å². The van der Waals surface area contributed by atoms with Crippen LogP contribution >= 0.6 is 0 Å². The first-order chi connectivity index (χ1) is 8.97. The Kier molecular flexibility index (Phi) is 3.95. The first kappa shape index (κ1) is 13.7. The van der Waals surface area contributed by atoms with Crippen LogP contribution in [0.15, 0.2) is 47.2 Å². The number of Topliss-reactive ketones (excluding diaryl/α,β-unsaturated/α-hetero) is 1. The molecule has 5 heteroatoms. The number of rotatable bonds is 4. The minimum atomic E-state index is -3.11. The molecule has 19 heavy (non-hydrogen) atoms. The molecule has 0 saturated heterocycles. The Hall–Kier alpha value is -1.75. The smallest absolute Gasteiger partial charge is 0.171 e. The van der Waals surface area contributed by atoms with E-state index in [0.29, 0.717) is 29.7 Å². The van der Waals surface area contributed by atoms with Gasteiger partial charge in [-0.3, -0.25) is 9.78 Å². The molecule has 100 valence electrons. The zero-order valence-corrected chi connectivity index (χ0v) is 11.5. The van der Waals surface area contributed by atoms with Crippen molar-refractivity contribution < 1.29 is 13.2 Å². The van der Waals surface area contributed by atoms with Gasteiger partial charge in [0.2, 0.25) is 0 Å². The van der Waals surface area contributed by atoms with E-state index < -0.39 is 9.84 Å². The Labute approximate surface area is 112 Å². The molecule has 0 saturated carbocycles. The number of sulfone groups is 1. The number of hydrogen-bond donors (Lipinski definition) is 0. The number of hydrogen-bond acceptors (Lipinski definition) is 4. The molecule has 2 rings (SSSR count). The van der Waals surface area contributed by atoms with Crippen molar-refractivity contribution in [1.82, 2.24) is 4.98 Å². The molecule has 0 radical (unpaired) electrons. The molecule has 1 aromatic rings. The molecular weight excluding hydrogens is 262 g/mol. The fourth-order valence-electron chi connectivity index (χ4n) is 1.95. The number of carbonyl (C=O) groups is 1. The summed E-state index contributed by atoms with van der Waals surface area (Å²) in [4.78, 5) is 16.3. The SMILES string of the molecule is CS(=O)(=O)C1=CC=C(CC(=O)c2cccnc2)CC1. The Morgan fingerprint density at radius 2 is 2.11 bits per heavy atom. The zero-order valence-electron chi connectivity index (χ0n) is 10.7. The van der Waals surface area contributed by atoms with Crippen LogP contribution in [0.5, 0.6) is 0 Å². The number of pyridine rings is 1. The van der Waals surface area contributed by atoms with Gasteiger partial charge in [0.05, 0.1) is 0 Å². The van der Waals surface area contributed by atoms with Crippen LogP contribution in [-0.4, -0.2) is 25.4 Å². The van der Waals surface area contributed by atoms with Crippen LogP contribution in [0.2, 0.25) is 0 Å². The normalized spacial score (nSPS) is 15.6. The standard InChI is InChI=1S/C14H15NO3S/c1-19(17,18)13-6-4-11(5-7-13)9-14(16)12-3-2-8-15-10-12/h2-4,6,8,10H,5,7,9H2,1H3. The van der Waals surface area contributed by atoms with Gasteiger partial charge in [0, 0.05) is 35.5 Å². The second kappa shape index (κ2) is 5.48. The lowest BCUT2D eigenvalue weighted by atomic mass is 9.97. The summed E-state index contributed by atoms with van der Waals surface area (Å²) in [5, 5.41) is 0. The summed E-state index contributed by atoms with van der Waals surface area (Å²) in [5.41, 5.74) is 1.54. The highest BCUT2D eigenvalue weighted by atomic mass is 32.2. The second-order valence-corrected chi connectivity index (χ2v) is 6.64. The highest BCUT2D eigenvalue weighted by Gasteiger charge is 2.16. The van der Waals surface area contributed by atoms with Crippen molar-refractivity contribution in [2.45, 2.75) is 19.3 Å². The number of nitrogens with zero attached hydrogens (tertiary/aromatic N) is 1. The summed E-state index contributed by atoms with van der Waals surface area (Å²) < 4.78 is 22.7. The van der Waals surface area contributed by atoms with Gasteiger partial charge in [-0.1, -0.05) is 11.6 Å². The lowest BCUT2D eigenvalue weighted by Gasteiger charge is -2.12. The molecule has 0 atom stereocenters. The van der Waals surface area contributed by atoms with Crippen molar-refractivity contribution in [3.05, 3.63) is 52.7 Å². The zero-order chi connectivity index (χ0) is 13.9. The van der Waals surface area contributed by atoms with E-state index in [0.717, 1.165) is 5.57 Å². The minimum Gasteiger partial charge on any atom is -0.294 e. The van der Waals surface area contributed by atoms with Gasteiger partial charge in [-0.25, -0.2) is 8.42 Å². The van der Waals surface area contributed by atoms with Gasteiger partial charge in [0.15, 0.2) is 15.6 Å². The first-order valence-electron chi connectivity index (χ1n) is 5.99. The van der Waals surface area contributed by atoms with Crippen molar-refractivity contribution in [2.75, 3.05) is 6.26 Å². The molecule has 1 aliphatic rings. The molecule has 1 aromatic heterocycles. The van der Waals surface area contributed by atoms with E-state index in [9.17, 15) is 13.2 Å². The number of carbonyl (C=O) groups excluding carboxylic acids is 1. The van der Waals surface area contributed by atoms with E-state index in [4.69, 9.17) is 0 Å². The van der Waals surface area contributed by atoms with E-state index in [1.54, 1.807) is 36.7 Å². The van der Waals surface area contributed by atoms with E-state index in [-0.39, 0.29) is 5.78 Å². The molecule has 0 N–H and O–H groups in total. The van der Waals surface area contributed by atoms with Gasteiger partial charge < -0.3 is 0 Å². The fourth-order valence-corrected chi connectivity index (χ4v) is 2.74. The summed E-state index contributed by atoms with van der Waals surface area (Å²) in [6.07, 6.45) is 9.13. The van der Waals surface area contributed by atoms with Crippen LogP contribution in [0.3, 0.4) is 0 Å². The predicted octanol–water partition coefficient (Wildman–Crippen LogP) is 2.30. The van der Waals surface area contributed by atoms with Crippen molar-refractivity contribution in [3.63, 3.8) is 0 Å². The van der Waals surface area contributed by atoms with E-state index in [1.807, 2.05) is 0 Å². The third-order valence-electron chi connectivity index (χ3n) is 3.04. The van der Waals surface area contributed by atoms with Gasteiger partial charge >= 0.3 is 0 Å². The Morgan fingerprint density at radius 1 is 1.32 bits per heavy atom. The molecule has 0 amide bonds. The van der Waals surface area contributed by atoms with Gasteiger partial charge in [-0.05, 0) is 31.1 Å². The number of aromatic nitrogens is 1. The topological polar surface area (TPSA) is 64.1 Å². The summed E-state index contributed by atoms with van der Waals surface area (Å²) in [7, 11) is -3.11. The lowest BCUT2D eigenvalue weighted by Crippen LogP contribution is -2.07. The molecule has 0 aromatic carbocycles. The fraction of sp³-hybridized carbons (Fsp3) is 0.286. The summed E-state index contributed by atoms with van der Waals surface area (Å²) >= 11 is 0. The Morgan fingerprint density at radius 3 is 2.63 bits per heavy atom. The third kappa shape index (κ3) is 3.61. The quantitative estimate of drug-likeness (QED) is 0.792. The van der Waals surface area contributed by atoms with Crippen molar-refractivity contribution >= 4 is 15.6 Å². The maximum Gasteiger partial charge on any atom is 0.171 e. The average Bonchev–Trinajstić information content (AvgIpc) is 2.39. The average molecular weight is 277 g/mol. The van der Waals surface area contributed by atoms with Crippen LogP contribution in [0, 0.1) is 0 Å². The minimum absolute atomic E-state index is 0.00977. The van der Waals surface area contributed by atoms with Crippen molar-refractivity contribution in [1.29, 1.82) is 0 Å². The van der Waals surface area contributed by atoms with Crippen molar-refractivity contribution in [3.8, 4) is 0 Å². The molecule has 0 spiro atoms. The van der Waals surface area contributed by atoms with Crippen molar-refractivity contribution in [2.24, 2.45) is 0 Å². The van der Waals surface area contributed by atoms with E-state index in [1.165, 1.54) is 6.26 Å². The van der Waals surface area contributed by atoms with Gasteiger partial charge in [0.25, 0.3) is 0 Å². The molecule has 0 bridgehead atoms. The highest BCUT2D eigenvalue weighted by molar-refractivity contribution is 7.94. The summed E-state index contributed by atoms with van der Waals surface area (Å²) in [6.45, 7) is 0. The maximum atomic E-state index is 12.0. The monoisotopic (exact) mass is 277 g/mol. The largest absolute Gasteiger partial charge is 0.294 e. The third-order valence-corrected chi connectivity index (χ3v) is 4.34. The number of allylic oxidation sites excluding steroid dienone is 4. The predicted molar refractivity (Wildman–Crippen MR) is 73.4 cm³/mol. The Balaban J connectivity index is 2.08. The van der Waals surface area contributed by atoms with Gasteiger partial charge in [0.1, 0.15) is 0 Å². The molecular formula is C14H15NO3S. The van der Waals surface area contributed by atoms with Crippen LogP contribution in [-0.2, 0) is 9.84 Å². The first-order valence-corrected chi connectivity index (χ1v) is 7.88. The lowest BCUT2D eigenvalue weighted by molar-refractivity contribution is 0.0991. The molecule has 1 heterocycles. The van der Waals surface area contributed by atoms with E-state index >= 15 is 0 Å².